The Morgan fingerprint density at radius 1 is 1.33 bits per heavy atom. The largest absolute Gasteiger partial charge is 0.379 e. The molecule has 4 nitrogen and oxygen atoms in total. The van der Waals surface area contributed by atoms with Crippen LogP contribution in [0.3, 0.4) is 0 Å². The van der Waals surface area contributed by atoms with Gasteiger partial charge in [0.15, 0.2) is 0 Å². The SMILES string of the molecule is CCCN1CCOCC2(CCN(Cc3csc(C)n3)C2)C1. The number of ether oxygens (including phenoxy) is 1. The van der Waals surface area contributed by atoms with Crippen molar-refractivity contribution in [1.82, 2.24) is 14.8 Å². The van der Waals surface area contributed by atoms with Gasteiger partial charge in [-0.05, 0) is 32.9 Å². The molecule has 21 heavy (non-hydrogen) atoms. The van der Waals surface area contributed by atoms with Crippen molar-refractivity contribution in [3.05, 3.63) is 16.1 Å². The van der Waals surface area contributed by atoms with Crippen LogP contribution in [-0.4, -0.2) is 60.7 Å². The molecule has 5 heteroatoms. The van der Waals surface area contributed by atoms with Crippen LogP contribution >= 0.6 is 11.3 Å². The summed E-state index contributed by atoms with van der Waals surface area (Å²) < 4.78 is 5.93. The van der Waals surface area contributed by atoms with Crippen molar-refractivity contribution in [2.75, 3.05) is 45.9 Å². The summed E-state index contributed by atoms with van der Waals surface area (Å²) in [5.74, 6) is 0. The van der Waals surface area contributed by atoms with E-state index >= 15 is 0 Å². The molecule has 2 fully saturated rings. The monoisotopic (exact) mass is 309 g/mol. The van der Waals surface area contributed by atoms with E-state index in [1.165, 1.54) is 43.2 Å². The van der Waals surface area contributed by atoms with Crippen LogP contribution < -0.4 is 0 Å². The molecule has 0 aliphatic carbocycles. The minimum Gasteiger partial charge on any atom is -0.379 e. The predicted octanol–water partition coefficient (Wildman–Crippen LogP) is 2.39. The quantitative estimate of drug-likeness (QED) is 0.854. The molecule has 0 amide bonds. The molecular weight excluding hydrogens is 282 g/mol. The highest BCUT2D eigenvalue weighted by molar-refractivity contribution is 7.09. The number of hydrogen-bond donors (Lipinski definition) is 0. The zero-order valence-corrected chi connectivity index (χ0v) is 14.1. The third-order valence-electron chi connectivity index (χ3n) is 4.63. The molecule has 0 N–H and O–H groups in total. The first-order valence-corrected chi connectivity index (χ1v) is 9.00. The Labute approximate surface area is 132 Å². The summed E-state index contributed by atoms with van der Waals surface area (Å²) in [5, 5.41) is 3.37. The van der Waals surface area contributed by atoms with E-state index in [2.05, 4.69) is 34.0 Å². The Balaban J connectivity index is 1.61. The van der Waals surface area contributed by atoms with Crippen molar-refractivity contribution >= 4 is 11.3 Å². The van der Waals surface area contributed by atoms with Gasteiger partial charge in [0.25, 0.3) is 0 Å². The van der Waals surface area contributed by atoms with Crippen molar-refractivity contribution in [3.63, 3.8) is 0 Å². The van der Waals surface area contributed by atoms with Crippen molar-refractivity contribution in [3.8, 4) is 0 Å². The zero-order chi connectivity index (χ0) is 14.7. The second kappa shape index (κ2) is 6.73. The van der Waals surface area contributed by atoms with Gasteiger partial charge in [0.2, 0.25) is 0 Å². The van der Waals surface area contributed by atoms with Gasteiger partial charge < -0.3 is 9.64 Å². The van der Waals surface area contributed by atoms with Gasteiger partial charge in [0.1, 0.15) is 0 Å². The molecule has 118 valence electrons. The molecular formula is C16H27N3OS. The standard InChI is InChI=1S/C16H27N3OS/c1-3-5-18-7-8-20-13-16(11-18)4-6-19(12-16)9-15-10-21-14(2)17-15/h10H,3-9,11-13H2,1-2H3. The molecule has 1 aromatic rings. The molecule has 2 aliphatic rings. The Hall–Kier alpha value is -0.490. The lowest BCUT2D eigenvalue weighted by molar-refractivity contribution is 0.0707. The van der Waals surface area contributed by atoms with Gasteiger partial charge in [-0.2, -0.15) is 0 Å². The van der Waals surface area contributed by atoms with Crippen LogP contribution in [0.25, 0.3) is 0 Å². The van der Waals surface area contributed by atoms with Crippen LogP contribution in [-0.2, 0) is 11.3 Å². The summed E-state index contributed by atoms with van der Waals surface area (Å²) in [4.78, 5) is 9.77. The van der Waals surface area contributed by atoms with E-state index in [1.54, 1.807) is 11.3 Å². The maximum absolute atomic E-state index is 5.93. The lowest BCUT2D eigenvalue weighted by atomic mass is 9.87. The van der Waals surface area contributed by atoms with E-state index in [9.17, 15) is 0 Å². The first-order valence-electron chi connectivity index (χ1n) is 8.13. The van der Waals surface area contributed by atoms with Crippen LogP contribution in [0.15, 0.2) is 5.38 Å². The smallest absolute Gasteiger partial charge is 0.0897 e. The minimum atomic E-state index is 0.344. The van der Waals surface area contributed by atoms with Gasteiger partial charge in [0, 0.05) is 37.0 Å². The topological polar surface area (TPSA) is 28.6 Å². The van der Waals surface area contributed by atoms with Crippen molar-refractivity contribution < 1.29 is 4.74 Å². The maximum atomic E-state index is 5.93. The molecule has 3 heterocycles. The molecule has 1 unspecified atom stereocenters. The normalized spacial score (nSPS) is 28.3. The fourth-order valence-electron chi connectivity index (χ4n) is 3.71. The van der Waals surface area contributed by atoms with Gasteiger partial charge in [-0.25, -0.2) is 4.98 Å². The van der Waals surface area contributed by atoms with E-state index in [4.69, 9.17) is 4.74 Å². The first kappa shape index (κ1) is 15.4. The van der Waals surface area contributed by atoms with Crippen molar-refractivity contribution in [1.29, 1.82) is 0 Å². The number of aromatic nitrogens is 1. The third-order valence-corrected chi connectivity index (χ3v) is 5.45. The fraction of sp³-hybridized carbons (Fsp3) is 0.812. The maximum Gasteiger partial charge on any atom is 0.0897 e. The van der Waals surface area contributed by atoms with Crippen LogP contribution in [0.1, 0.15) is 30.5 Å². The van der Waals surface area contributed by atoms with Crippen LogP contribution in [0.2, 0.25) is 0 Å². The number of hydrogen-bond acceptors (Lipinski definition) is 5. The molecule has 0 aromatic carbocycles. The molecule has 0 saturated carbocycles. The predicted molar refractivity (Wildman–Crippen MR) is 86.7 cm³/mol. The highest BCUT2D eigenvalue weighted by Crippen LogP contribution is 2.34. The van der Waals surface area contributed by atoms with Crippen LogP contribution in [0.4, 0.5) is 0 Å². The van der Waals surface area contributed by atoms with Crippen molar-refractivity contribution in [2.24, 2.45) is 5.41 Å². The Morgan fingerprint density at radius 2 is 2.19 bits per heavy atom. The Morgan fingerprint density at radius 3 is 2.95 bits per heavy atom. The number of likely N-dealkylation sites (tertiary alicyclic amines) is 1. The highest BCUT2D eigenvalue weighted by atomic mass is 32.1. The third kappa shape index (κ3) is 3.83. The van der Waals surface area contributed by atoms with Gasteiger partial charge in [-0.1, -0.05) is 6.92 Å². The molecule has 1 atom stereocenters. The average Bonchev–Trinajstić information content (AvgIpc) is 2.96. The summed E-state index contributed by atoms with van der Waals surface area (Å²) in [5.41, 5.74) is 1.58. The van der Waals surface area contributed by atoms with Gasteiger partial charge >= 0.3 is 0 Å². The summed E-state index contributed by atoms with van der Waals surface area (Å²) in [7, 11) is 0. The molecule has 0 radical (unpaired) electrons. The first-order chi connectivity index (χ1) is 10.2. The summed E-state index contributed by atoms with van der Waals surface area (Å²) in [6.07, 6.45) is 2.49. The van der Waals surface area contributed by atoms with E-state index in [-0.39, 0.29) is 0 Å². The highest BCUT2D eigenvalue weighted by Gasteiger charge is 2.40. The van der Waals surface area contributed by atoms with E-state index in [0.717, 1.165) is 32.8 Å². The summed E-state index contributed by atoms with van der Waals surface area (Å²) in [6.45, 7) is 13.0. The van der Waals surface area contributed by atoms with Gasteiger partial charge in [-0.3, -0.25) is 4.90 Å². The second-order valence-electron chi connectivity index (χ2n) is 6.65. The van der Waals surface area contributed by atoms with Crippen LogP contribution in [0, 0.1) is 12.3 Å². The van der Waals surface area contributed by atoms with E-state index < -0.39 is 0 Å². The van der Waals surface area contributed by atoms with Crippen LogP contribution in [0.5, 0.6) is 0 Å². The van der Waals surface area contributed by atoms with Gasteiger partial charge in [-0.15, -0.1) is 11.3 Å². The second-order valence-corrected chi connectivity index (χ2v) is 7.71. The molecule has 3 rings (SSSR count). The lowest BCUT2D eigenvalue weighted by Gasteiger charge is -2.31. The number of rotatable bonds is 4. The Bertz CT molecular complexity index is 464. The molecule has 1 aromatic heterocycles. The molecule has 1 spiro atoms. The number of nitrogens with zero attached hydrogens (tertiary/aromatic N) is 3. The summed E-state index contributed by atoms with van der Waals surface area (Å²) in [6, 6.07) is 0. The number of thiazole rings is 1. The number of aryl methyl sites for hydroxylation is 1. The lowest BCUT2D eigenvalue weighted by Crippen LogP contribution is -2.40. The van der Waals surface area contributed by atoms with E-state index in [0.29, 0.717) is 5.41 Å². The van der Waals surface area contributed by atoms with Gasteiger partial charge in [0.05, 0.1) is 23.9 Å². The van der Waals surface area contributed by atoms with Crippen molar-refractivity contribution in [2.45, 2.75) is 33.2 Å². The Kier molecular flexibility index (Phi) is 4.94. The van der Waals surface area contributed by atoms with E-state index in [1.807, 2.05) is 0 Å². The molecule has 2 aliphatic heterocycles. The minimum absolute atomic E-state index is 0.344. The summed E-state index contributed by atoms with van der Waals surface area (Å²) >= 11 is 1.75. The zero-order valence-electron chi connectivity index (χ0n) is 13.3. The molecule has 0 bridgehead atoms. The fourth-order valence-corrected chi connectivity index (χ4v) is 4.31. The molecule has 2 saturated heterocycles. The average molecular weight is 309 g/mol.